The monoisotopic (exact) mass is 319 g/mol. The number of amides is 3. The summed E-state index contributed by atoms with van der Waals surface area (Å²) in [5.74, 6) is -1.88. The molecule has 124 valence electrons. The van der Waals surface area contributed by atoms with Gasteiger partial charge in [-0.15, -0.1) is 0 Å². The van der Waals surface area contributed by atoms with Crippen LogP contribution in [0.25, 0.3) is 0 Å². The zero-order valence-corrected chi connectivity index (χ0v) is 13.2. The number of benzene rings is 1. The Morgan fingerprint density at radius 2 is 2.04 bits per heavy atom. The second-order valence-electron chi connectivity index (χ2n) is 5.88. The molecule has 23 heavy (non-hydrogen) atoms. The molecule has 1 aliphatic rings. The molecular formula is C16H21N3O4. The summed E-state index contributed by atoms with van der Waals surface area (Å²) < 4.78 is 0. The Hall–Kier alpha value is -2.57. The van der Waals surface area contributed by atoms with Gasteiger partial charge in [-0.3, -0.25) is 9.59 Å². The van der Waals surface area contributed by atoms with Gasteiger partial charge in [0.15, 0.2) is 0 Å². The lowest BCUT2D eigenvalue weighted by Gasteiger charge is -2.19. The molecule has 1 aromatic rings. The maximum absolute atomic E-state index is 12.3. The van der Waals surface area contributed by atoms with Crippen molar-refractivity contribution < 1.29 is 19.5 Å². The number of nitrogens with one attached hydrogen (secondary N) is 2. The standard InChI is InChI=1S/C16H21N3O4/c1-10(15(21)22)9-19(2)14(20)11-4-3-5-13(8-11)18-16(23)17-12-6-7-12/h3-5,8,10,12H,6-7,9H2,1-2H3,(H,21,22)(H2,17,18,23). The number of carbonyl (C=O) groups is 3. The Labute approximate surface area is 134 Å². The first-order chi connectivity index (χ1) is 10.9. The number of hydrogen-bond donors (Lipinski definition) is 3. The van der Waals surface area contributed by atoms with Crippen LogP contribution < -0.4 is 10.6 Å². The average Bonchev–Trinajstić information content (AvgIpc) is 3.30. The van der Waals surface area contributed by atoms with Gasteiger partial charge < -0.3 is 20.6 Å². The third-order valence-corrected chi connectivity index (χ3v) is 3.60. The minimum atomic E-state index is -0.947. The third-order valence-electron chi connectivity index (χ3n) is 3.60. The van der Waals surface area contributed by atoms with Crippen LogP contribution in [-0.4, -0.2) is 47.5 Å². The van der Waals surface area contributed by atoms with Gasteiger partial charge in [-0.1, -0.05) is 13.0 Å². The molecule has 2 rings (SSSR count). The van der Waals surface area contributed by atoms with Gasteiger partial charge in [0.2, 0.25) is 0 Å². The molecule has 0 aromatic heterocycles. The molecule has 1 saturated carbocycles. The molecule has 1 unspecified atom stereocenters. The molecule has 1 fully saturated rings. The van der Waals surface area contributed by atoms with Crippen LogP contribution in [0.2, 0.25) is 0 Å². The first-order valence-electron chi connectivity index (χ1n) is 7.52. The van der Waals surface area contributed by atoms with Gasteiger partial charge in [0.05, 0.1) is 5.92 Å². The highest BCUT2D eigenvalue weighted by Gasteiger charge is 2.23. The van der Waals surface area contributed by atoms with Crippen LogP contribution in [0.1, 0.15) is 30.1 Å². The highest BCUT2D eigenvalue weighted by atomic mass is 16.4. The summed E-state index contributed by atoms with van der Waals surface area (Å²) in [7, 11) is 1.56. The highest BCUT2D eigenvalue weighted by molar-refractivity contribution is 5.97. The van der Waals surface area contributed by atoms with E-state index in [9.17, 15) is 14.4 Å². The molecule has 0 bridgehead atoms. The fourth-order valence-corrected chi connectivity index (χ4v) is 2.10. The van der Waals surface area contributed by atoms with E-state index in [1.165, 1.54) is 4.90 Å². The molecule has 1 aliphatic carbocycles. The predicted molar refractivity (Wildman–Crippen MR) is 85.4 cm³/mol. The van der Waals surface area contributed by atoms with E-state index in [1.54, 1.807) is 38.2 Å². The first-order valence-corrected chi connectivity index (χ1v) is 7.52. The number of hydrogen-bond acceptors (Lipinski definition) is 3. The van der Waals surface area contributed by atoms with Crippen molar-refractivity contribution in [2.75, 3.05) is 18.9 Å². The molecule has 3 amide bonds. The summed E-state index contributed by atoms with van der Waals surface area (Å²) in [4.78, 5) is 36.3. The van der Waals surface area contributed by atoms with Gasteiger partial charge in [0, 0.05) is 30.9 Å². The average molecular weight is 319 g/mol. The van der Waals surface area contributed by atoms with Gasteiger partial charge >= 0.3 is 12.0 Å². The summed E-state index contributed by atoms with van der Waals surface area (Å²) in [6.45, 7) is 1.67. The van der Waals surface area contributed by atoms with Crippen molar-refractivity contribution in [1.82, 2.24) is 10.2 Å². The quantitative estimate of drug-likeness (QED) is 0.744. The molecule has 0 radical (unpaired) electrons. The maximum atomic E-state index is 12.3. The number of anilines is 1. The van der Waals surface area contributed by atoms with Gasteiger partial charge in [-0.25, -0.2) is 4.79 Å². The topological polar surface area (TPSA) is 98.7 Å². The molecule has 0 heterocycles. The Bertz CT molecular complexity index is 613. The lowest BCUT2D eigenvalue weighted by molar-refractivity contribution is -0.141. The van der Waals surface area contributed by atoms with Crippen molar-refractivity contribution in [1.29, 1.82) is 0 Å². The predicted octanol–water partition coefficient (Wildman–Crippen LogP) is 1.76. The molecule has 7 heteroatoms. The Kier molecular flexibility index (Phi) is 5.20. The van der Waals surface area contributed by atoms with E-state index in [4.69, 9.17) is 5.11 Å². The van der Waals surface area contributed by atoms with E-state index >= 15 is 0 Å². The van der Waals surface area contributed by atoms with E-state index in [-0.39, 0.29) is 24.5 Å². The van der Waals surface area contributed by atoms with Crippen LogP contribution in [0.4, 0.5) is 10.5 Å². The molecule has 3 N–H and O–H groups in total. The van der Waals surface area contributed by atoms with Gasteiger partial charge in [0.1, 0.15) is 0 Å². The largest absolute Gasteiger partial charge is 0.481 e. The Morgan fingerprint density at radius 3 is 2.65 bits per heavy atom. The van der Waals surface area contributed by atoms with Crippen LogP contribution in [0.15, 0.2) is 24.3 Å². The van der Waals surface area contributed by atoms with Gasteiger partial charge in [-0.05, 0) is 31.0 Å². The number of urea groups is 1. The van der Waals surface area contributed by atoms with Crippen LogP contribution in [0.3, 0.4) is 0 Å². The number of carbonyl (C=O) groups excluding carboxylic acids is 2. The highest BCUT2D eigenvalue weighted by Crippen LogP contribution is 2.19. The number of nitrogens with zero attached hydrogens (tertiary/aromatic N) is 1. The minimum absolute atomic E-state index is 0.119. The lowest BCUT2D eigenvalue weighted by atomic mass is 10.1. The summed E-state index contributed by atoms with van der Waals surface area (Å²) in [6.07, 6.45) is 2.00. The van der Waals surface area contributed by atoms with Crippen LogP contribution in [0.5, 0.6) is 0 Å². The minimum Gasteiger partial charge on any atom is -0.481 e. The number of rotatable bonds is 6. The number of aliphatic carboxylic acids is 1. The maximum Gasteiger partial charge on any atom is 0.319 e. The summed E-state index contributed by atoms with van der Waals surface area (Å²) >= 11 is 0. The summed E-state index contributed by atoms with van der Waals surface area (Å²) in [6, 6.07) is 6.55. The second kappa shape index (κ2) is 7.13. The summed E-state index contributed by atoms with van der Waals surface area (Å²) in [5, 5.41) is 14.4. The Morgan fingerprint density at radius 1 is 1.35 bits per heavy atom. The van der Waals surface area contributed by atoms with Crippen molar-refractivity contribution in [3.05, 3.63) is 29.8 Å². The van der Waals surface area contributed by atoms with Gasteiger partial charge in [0.25, 0.3) is 5.91 Å². The smallest absolute Gasteiger partial charge is 0.319 e. The zero-order chi connectivity index (χ0) is 17.0. The van der Waals surface area contributed by atoms with Crippen molar-refractivity contribution in [2.24, 2.45) is 5.92 Å². The van der Waals surface area contributed by atoms with Crippen molar-refractivity contribution in [2.45, 2.75) is 25.8 Å². The molecule has 1 atom stereocenters. The third kappa shape index (κ3) is 4.98. The van der Waals surface area contributed by atoms with Crippen molar-refractivity contribution in [3.8, 4) is 0 Å². The summed E-state index contributed by atoms with van der Waals surface area (Å²) in [5.41, 5.74) is 0.919. The van der Waals surface area contributed by atoms with E-state index < -0.39 is 11.9 Å². The SMILES string of the molecule is CC(CN(C)C(=O)c1cccc(NC(=O)NC2CC2)c1)C(=O)O. The number of carboxylic acids is 1. The second-order valence-corrected chi connectivity index (χ2v) is 5.88. The number of carboxylic acid groups (broad SMARTS) is 1. The first kappa shape index (κ1) is 16.8. The van der Waals surface area contributed by atoms with Crippen LogP contribution in [-0.2, 0) is 4.79 Å². The van der Waals surface area contributed by atoms with Crippen molar-refractivity contribution in [3.63, 3.8) is 0 Å². The fraction of sp³-hybridized carbons (Fsp3) is 0.438. The van der Waals surface area contributed by atoms with Crippen LogP contribution >= 0.6 is 0 Å². The molecule has 0 saturated heterocycles. The van der Waals surface area contributed by atoms with E-state index in [0.717, 1.165) is 12.8 Å². The van der Waals surface area contributed by atoms with Gasteiger partial charge in [-0.2, -0.15) is 0 Å². The van der Waals surface area contributed by atoms with E-state index in [0.29, 0.717) is 11.3 Å². The lowest BCUT2D eigenvalue weighted by Crippen LogP contribution is -2.34. The van der Waals surface area contributed by atoms with E-state index in [1.807, 2.05) is 0 Å². The molecule has 7 nitrogen and oxygen atoms in total. The van der Waals surface area contributed by atoms with E-state index in [2.05, 4.69) is 10.6 Å². The fourth-order valence-electron chi connectivity index (χ4n) is 2.10. The molecular weight excluding hydrogens is 298 g/mol. The molecule has 0 spiro atoms. The Balaban J connectivity index is 1.98. The van der Waals surface area contributed by atoms with Crippen molar-refractivity contribution >= 4 is 23.6 Å². The van der Waals surface area contributed by atoms with Crippen LogP contribution in [0, 0.1) is 5.92 Å². The zero-order valence-electron chi connectivity index (χ0n) is 13.2. The molecule has 1 aromatic carbocycles. The molecule has 0 aliphatic heterocycles. The normalized spacial score (nSPS) is 14.7.